The molecule has 1 aliphatic heterocycles. The lowest BCUT2D eigenvalue weighted by Gasteiger charge is -2.37. The van der Waals surface area contributed by atoms with E-state index < -0.39 is 0 Å². The summed E-state index contributed by atoms with van der Waals surface area (Å²) in [5.74, 6) is 1.18. The Morgan fingerprint density at radius 2 is 1.86 bits per heavy atom. The number of benzene rings is 1. The van der Waals surface area contributed by atoms with Crippen LogP contribution in [-0.4, -0.2) is 41.2 Å². The Morgan fingerprint density at radius 1 is 1.07 bits per heavy atom. The maximum Gasteiger partial charge on any atom is 0.322 e. The van der Waals surface area contributed by atoms with Crippen LogP contribution in [-0.2, 0) is 6.54 Å². The van der Waals surface area contributed by atoms with Crippen LogP contribution in [0.1, 0.15) is 17.3 Å². The molecule has 0 saturated carbocycles. The molecule has 2 amide bonds. The van der Waals surface area contributed by atoms with Gasteiger partial charge >= 0.3 is 6.03 Å². The van der Waals surface area contributed by atoms with Crippen LogP contribution < -0.4 is 14.8 Å². The van der Waals surface area contributed by atoms with Crippen molar-refractivity contribution in [1.82, 2.24) is 14.5 Å². The maximum absolute atomic E-state index is 13.2. The Bertz CT molecular complexity index is 971. The number of hydrogen-bond donors (Lipinski definition) is 1. The molecule has 28 heavy (non-hydrogen) atoms. The average Bonchev–Trinajstić information content (AvgIpc) is 3.22. The van der Waals surface area contributed by atoms with Gasteiger partial charge in [-0.2, -0.15) is 0 Å². The largest absolute Gasteiger partial charge is 0.493 e. The van der Waals surface area contributed by atoms with E-state index in [-0.39, 0.29) is 12.1 Å². The lowest BCUT2D eigenvalue weighted by Crippen LogP contribution is -2.44. The molecular formula is C21H22N4O3. The van der Waals surface area contributed by atoms with Crippen LogP contribution in [0, 0.1) is 0 Å². The number of pyridine rings is 1. The van der Waals surface area contributed by atoms with Crippen LogP contribution in [0.3, 0.4) is 0 Å². The predicted octanol–water partition coefficient (Wildman–Crippen LogP) is 3.54. The van der Waals surface area contributed by atoms with Crippen LogP contribution in [0.5, 0.6) is 11.5 Å². The number of nitrogens with one attached hydrogen (secondary N) is 1. The van der Waals surface area contributed by atoms with Gasteiger partial charge in [0.1, 0.15) is 0 Å². The molecule has 3 heterocycles. The van der Waals surface area contributed by atoms with Gasteiger partial charge in [0.05, 0.1) is 20.3 Å². The lowest BCUT2D eigenvalue weighted by molar-refractivity contribution is 0.182. The number of carbonyl (C=O) groups is 1. The van der Waals surface area contributed by atoms with E-state index >= 15 is 0 Å². The van der Waals surface area contributed by atoms with E-state index in [1.54, 1.807) is 44.8 Å². The van der Waals surface area contributed by atoms with Gasteiger partial charge in [-0.1, -0.05) is 0 Å². The summed E-state index contributed by atoms with van der Waals surface area (Å²) in [4.78, 5) is 19.1. The number of rotatable bonds is 4. The molecule has 1 atom stereocenters. The third-order valence-electron chi connectivity index (χ3n) is 4.96. The summed E-state index contributed by atoms with van der Waals surface area (Å²) in [5, 5.41) is 2.99. The van der Waals surface area contributed by atoms with Crippen molar-refractivity contribution >= 4 is 11.7 Å². The topological polar surface area (TPSA) is 68.6 Å². The van der Waals surface area contributed by atoms with Gasteiger partial charge < -0.3 is 24.3 Å². The quantitative estimate of drug-likeness (QED) is 0.754. The van der Waals surface area contributed by atoms with Gasteiger partial charge in [-0.05, 0) is 42.0 Å². The minimum Gasteiger partial charge on any atom is -0.493 e. The number of carbonyl (C=O) groups excluding carboxylic acids is 1. The van der Waals surface area contributed by atoms with Gasteiger partial charge in [0.25, 0.3) is 0 Å². The van der Waals surface area contributed by atoms with Crippen molar-refractivity contribution in [3.8, 4) is 11.5 Å². The summed E-state index contributed by atoms with van der Waals surface area (Å²) >= 11 is 0. The van der Waals surface area contributed by atoms with Crippen LogP contribution in [0.15, 0.2) is 61.1 Å². The van der Waals surface area contributed by atoms with E-state index in [1.807, 2.05) is 29.3 Å². The molecule has 7 nitrogen and oxygen atoms in total. The first kappa shape index (κ1) is 17.9. The fourth-order valence-corrected chi connectivity index (χ4v) is 3.61. The summed E-state index contributed by atoms with van der Waals surface area (Å²) in [5.41, 5.74) is 2.76. The lowest BCUT2D eigenvalue weighted by atomic mass is 10.0. The summed E-state index contributed by atoms with van der Waals surface area (Å²) in [6.07, 6.45) is 5.55. The molecule has 0 unspecified atom stereocenters. The Kier molecular flexibility index (Phi) is 4.89. The molecule has 1 N–H and O–H groups in total. The summed E-state index contributed by atoms with van der Waals surface area (Å²) in [7, 11) is 3.15. The number of aromatic nitrogens is 2. The number of nitrogens with zero attached hydrogens (tertiary/aromatic N) is 3. The molecule has 1 aromatic carbocycles. The van der Waals surface area contributed by atoms with Gasteiger partial charge in [0.15, 0.2) is 11.5 Å². The van der Waals surface area contributed by atoms with Crippen molar-refractivity contribution in [3.05, 3.63) is 72.3 Å². The van der Waals surface area contributed by atoms with Crippen molar-refractivity contribution < 1.29 is 14.3 Å². The zero-order valence-electron chi connectivity index (χ0n) is 15.8. The third-order valence-corrected chi connectivity index (χ3v) is 4.96. The highest BCUT2D eigenvalue weighted by atomic mass is 16.5. The van der Waals surface area contributed by atoms with Gasteiger partial charge in [-0.15, -0.1) is 0 Å². The highest BCUT2D eigenvalue weighted by Gasteiger charge is 2.32. The molecule has 0 bridgehead atoms. The second-order valence-corrected chi connectivity index (χ2v) is 6.50. The van der Waals surface area contributed by atoms with E-state index in [2.05, 4.69) is 20.9 Å². The second kappa shape index (κ2) is 7.64. The van der Waals surface area contributed by atoms with Crippen molar-refractivity contribution in [3.63, 3.8) is 0 Å². The minimum absolute atomic E-state index is 0.165. The number of fused-ring (bicyclic) bond motifs is 1. The Balaban J connectivity index is 1.63. The maximum atomic E-state index is 13.2. The van der Waals surface area contributed by atoms with Crippen molar-refractivity contribution in [2.24, 2.45) is 0 Å². The smallest absolute Gasteiger partial charge is 0.322 e. The second-order valence-electron chi connectivity index (χ2n) is 6.50. The molecule has 3 aromatic rings. The zero-order chi connectivity index (χ0) is 19.5. The van der Waals surface area contributed by atoms with E-state index in [4.69, 9.17) is 9.47 Å². The van der Waals surface area contributed by atoms with Crippen LogP contribution in [0.25, 0.3) is 0 Å². The first-order chi connectivity index (χ1) is 13.7. The van der Waals surface area contributed by atoms with E-state index in [0.717, 1.165) is 17.8 Å². The SMILES string of the molecule is COc1ccc(NC(=O)N2CCn3cccc3[C@@H]2c2ccncc2)cc1OC. The van der Waals surface area contributed by atoms with E-state index in [1.165, 1.54) is 0 Å². The van der Waals surface area contributed by atoms with Crippen molar-refractivity contribution in [2.45, 2.75) is 12.6 Å². The fourth-order valence-electron chi connectivity index (χ4n) is 3.61. The highest BCUT2D eigenvalue weighted by molar-refractivity contribution is 5.90. The first-order valence-electron chi connectivity index (χ1n) is 9.06. The first-order valence-corrected chi connectivity index (χ1v) is 9.06. The van der Waals surface area contributed by atoms with E-state index in [0.29, 0.717) is 23.7 Å². The number of ether oxygens (including phenoxy) is 2. The zero-order valence-corrected chi connectivity index (χ0v) is 15.8. The summed E-state index contributed by atoms with van der Waals surface area (Å²) < 4.78 is 12.8. The molecule has 1 aliphatic rings. The number of anilines is 1. The highest BCUT2D eigenvalue weighted by Crippen LogP contribution is 2.34. The number of amides is 2. The average molecular weight is 378 g/mol. The predicted molar refractivity (Wildman–Crippen MR) is 106 cm³/mol. The summed E-state index contributed by atoms with van der Waals surface area (Å²) in [6, 6.07) is 13.0. The molecular weight excluding hydrogens is 356 g/mol. The van der Waals surface area contributed by atoms with Crippen LogP contribution in [0.2, 0.25) is 0 Å². The monoisotopic (exact) mass is 378 g/mol. The van der Waals surface area contributed by atoms with Crippen molar-refractivity contribution in [1.29, 1.82) is 0 Å². The number of hydrogen-bond acceptors (Lipinski definition) is 4. The van der Waals surface area contributed by atoms with E-state index in [9.17, 15) is 4.79 Å². The summed E-state index contributed by atoms with van der Waals surface area (Å²) in [6.45, 7) is 1.36. The normalized spacial score (nSPS) is 15.6. The van der Waals surface area contributed by atoms with Gasteiger partial charge in [0, 0.05) is 49.1 Å². The molecule has 2 aromatic heterocycles. The molecule has 0 radical (unpaired) electrons. The fraction of sp³-hybridized carbons (Fsp3) is 0.238. The van der Waals surface area contributed by atoms with Crippen molar-refractivity contribution in [2.75, 3.05) is 26.1 Å². The van der Waals surface area contributed by atoms with Crippen LogP contribution >= 0.6 is 0 Å². The molecule has 7 heteroatoms. The third kappa shape index (κ3) is 3.26. The van der Waals surface area contributed by atoms with Crippen LogP contribution in [0.4, 0.5) is 10.5 Å². The molecule has 144 valence electrons. The molecule has 0 fully saturated rings. The Hall–Kier alpha value is -3.48. The Labute approximate surface area is 163 Å². The Morgan fingerprint density at radius 3 is 2.61 bits per heavy atom. The van der Waals surface area contributed by atoms with Gasteiger partial charge in [-0.3, -0.25) is 4.98 Å². The molecule has 4 rings (SSSR count). The number of urea groups is 1. The minimum atomic E-state index is -0.174. The number of methoxy groups -OCH3 is 2. The standard InChI is InChI=1S/C21H22N4O3/c1-27-18-6-5-16(14-19(18)28-2)23-21(26)25-13-12-24-11-3-4-17(24)20(25)15-7-9-22-10-8-15/h3-11,14,20H,12-13H2,1-2H3,(H,23,26)/t20-/m0/s1. The molecule has 0 spiro atoms. The van der Waals surface area contributed by atoms with Gasteiger partial charge in [0.2, 0.25) is 0 Å². The molecule has 0 saturated heterocycles. The molecule has 0 aliphatic carbocycles. The van der Waals surface area contributed by atoms with Gasteiger partial charge in [-0.25, -0.2) is 4.79 Å².